The van der Waals surface area contributed by atoms with Gasteiger partial charge in [-0.3, -0.25) is 0 Å². The lowest BCUT2D eigenvalue weighted by molar-refractivity contribution is 0.784. The average Bonchev–Trinajstić information content (AvgIpc) is 3.24. The highest BCUT2D eigenvalue weighted by Gasteiger charge is 2.26. The number of hydrazine groups is 1. The van der Waals surface area contributed by atoms with Crippen molar-refractivity contribution in [1.82, 2.24) is 15.4 Å². The van der Waals surface area contributed by atoms with Crippen molar-refractivity contribution in [3.05, 3.63) is 47.8 Å². The van der Waals surface area contributed by atoms with E-state index in [-0.39, 0.29) is 0 Å². The van der Waals surface area contributed by atoms with Gasteiger partial charge in [0.25, 0.3) is 0 Å². The van der Waals surface area contributed by atoms with Crippen molar-refractivity contribution < 1.29 is 0 Å². The van der Waals surface area contributed by atoms with Crippen molar-refractivity contribution >= 4 is 11.6 Å². The molecular weight excluding hydrogens is 236 g/mol. The molecule has 4 nitrogen and oxygen atoms in total. The molecule has 1 fully saturated rings. The van der Waals surface area contributed by atoms with Crippen molar-refractivity contribution in [3.63, 3.8) is 0 Å². The Morgan fingerprint density at radius 3 is 2.53 bits per heavy atom. The monoisotopic (exact) mass is 254 g/mol. The highest BCUT2D eigenvalue weighted by Crippen LogP contribution is 2.39. The molecule has 4 heteroatoms. The summed E-state index contributed by atoms with van der Waals surface area (Å²) in [5.74, 6) is 1.35. The largest absolute Gasteiger partial charge is 0.245 e. The van der Waals surface area contributed by atoms with Crippen LogP contribution in [0.1, 0.15) is 30.1 Å². The van der Waals surface area contributed by atoms with Crippen LogP contribution in [0.5, 0.6) is 0 Å². The van der Waals surface area contributed by atoms with Crippen molar-refractivity contribution in [2.24, 2.45) is 0 Å². The molecule has 19 heavy (non-hydrogen) atoms. The van der Waals surface area contributed by atoms with Gasteiger partial charge in [0.2, 0.25) is 5.95 Å². The Kier molecular flexibility index (Phi) is 3.17. The smallest absolute Gasteiger partial charge is 0.244 e. The maximum atomic E-state index is 4.70. The van der Waals surface area contributed by atoms with Crippen LogP contribution in [0.4, 0.5) is 11.6 Å². The molecule has 0 aliphatic heterocycles. The van der Waals surface area contributed by atoms with Crippen LogP contribution in [0.2, 0.25) is 0 Å². The predicted molar refractivity (Wildman–Crippen MR) is 76.4 cm³/mol. The minimum absolute atomic E-state index is 0.634. The molecular formula is C15H18N4. The lowest BCUT2D eigenvalue weighted by Gasteiger charge is -2.22. The number of hydrogen-bond acceptors (Lipinski definition) is 4. The third-order valence-corrected chi connectivity index (χ3v) is 3.30. The Balaban J connectivity index is 1.99. The van der Waals surface area contributed by atoms with E-state index in [1.165, 1.54) is 18.5 Å². The molecule has 98 valence electrons. The highest BCUT2D eigenvalue weighted by atomic mass is 15.5. The van der Waals surface area contributed by atoms with Gasteiger partial charge < -0.3 is 0 Å². The summed E-state index contributed by atoms with van der Waals surface area (Å²) < 4.78 is 0. The Morgan fingerprint density at radius 2 is 1.89 bits per heavy atom. The molecule has 0 saturated heterocycles. The molecule has 1 aliphatic rings. The Morgan fingerprint density at radius 1 is 1.16 bits per heavy atom. The van der Waals surface area contributed by atoms with Crippen LogP contribution >= 0.6 is 0 Å². The van der Waals surface area contributed by atoms with Gasteiger partial charge in [-0.05, 0) is 38.0 Å². The van der Waals surface area contributed by atoms with Gasteiger partial charge in [-0.2, -0.15) is 0 Å². The summed E-state index contributed by atoms with van der Waals surface area (Å²) in [6.07, 6.45) is 2.50. The van der Waals surface area contributed by atoms with E-state index in [1.54, 1.807) is 0 Å². The molecule has 1 aromatic heterocycles. The molecule has 0 radical (unpaired) electrons. The van der Waals surface area contributed by atoms with E-state index >= 15 is 0 Å². The fourth-order valence-corrected chi connectivity index (χ4v) is 2.19. The SMILES string of the molecule is CNN(c1ccccc1)c1nc(C)cc(C2CC2)n1. The number of aromatic nitrogens is 2. The van der Waals surface area contributed by atoms with Crippen molar-refractivity contribution in [1.29, 1.82) is 0 Å². The number of rotatable bonds is 4. The first-order valence-corrected chi connectivity index (χ1v) is 6.66. The molecule has 0 atom stereocenters. The zero-order valence-corrected chi connectivity index (χ0v) is 11.3. The summed E-state index contributed by atoms with van der Waals surface area (Å²) in [7, 11) is 1.88. The number of hydrogen-bond donors (Lipinski definition) is 1. The molecule has 0 bridgehead atoms. The van der Waals surface area contributed by atoms with Gasteiger partial charge in [0.1, 0.15) is 0 Å². The number of nitrogens with zero attached hydrogens (tertiary/aromatic N) is 3. The lowest BCUT2D eigenvalue weighted by atomic mass is 10.2. The summed E-state index contributed by atoms with van der Waals surface area (Å²) in [4.78, 5) is 9.24. The molecule has 0 amide bonds. The van der Waals surface area contributed by atoms with Crippen molar-refractivity contribution in [2.75, 3.05) is 12.1 Å². The normalized spacial score (nSPS) is 14.4. The van der Waals surface area contributed by atoms with Crippen LogP contribution < -0.4 is 10.4 Å². The van der Waals surface area contributed by atoms with E-state index in [9.17, 15) is 0 Å². The zero-order valence-electron chi connectivity index (χ0n) is 11.3. The number of aryl methyl sites for hydroxylation is 1. The van der Waals surface area contributed by atoms with E-state index in [0.717, 1.165) is 17.3 Å². The van der Waals surface area contributed by atoms with Crippen LogP contribution in [0.15, 0.2) is 36.4 Å². The predicted octanol–water partition coefficient (Wildman–Crippen LogP) is 2.93. The maximum absolute atomic E-state index is 4.70. The van der Waals surface area contributed by atoms with Gasteiger partial charge in [0.15, 0.2) is 0 Å². The van der Waals surface area contributed by atoms with Crippen LogP contribution in [-0.2, 0) is 0 Å². The van der Waals surface area contributed by atoms with E-state index in [2.05, 4.69) is 16.5 Å². The second-order valence-electron chi connectivity index (χ2n) is 4.90. The van der Waals surface area contributed by atoms with E-state index in [1.807, 2.05) is 49.3 Å². The van der Waals surface area contributed by atoms with Crippen LogP contribution in [0.25, 0.3) is 0 Å². The van der Waals surface area contributed by atoms with Gasteiger partial charge in [0, 0.05) is 24.4 Å². The average molecular weight is 254 g/mol. The maximum Gasteiger partial charge on any atom is 0.245 e. The van der Waals surface area contributed by atoms with E-state index in [4.69, 9.17) is 4.98 Å². The number of benzene rings is 1. The van der Waals surface area contributed by atoms with Gasteiger partial charge in [-0.25, -0.2) is 20.4 Å². The molecule has 1 aromatic carbocycles. The first-order valence-electron chi connectivity index (χ1n) is 6.66. The molecule has 0 unspecified atom stereocenters. The molecule has 1 N–H and O–H groups in total. The third-order valence-electron chi connectivity index (χ3n) is 3.30. The molecule has 2 aromatic rings. The number of nitrogens with one attached hydrogen (secondary N) is 1. The summed E-state index contributed by atoms with van der Waals surface area (Å²) in [5.41, 5.74) is 6.38. The van der Waals surface area contributed by atoms with Gasteiger partial charge in [-0.1, -0.05) is 18.2 Å². The molecule has 1 saturated carbocycles. The first kappa shape index (κ1) is 12.1. The quantitative estimate of drug-likeness (QED) is 0.852. The third kappa shape index (κ3) is 2.58. The van der Waals surface area contributed by atoms with Crippen LogP contribution in [-0.4, -0.2) is 17.0 Å². The second-order valence-corrected chi connectivity index (χ2v) is 4.90. The topological polar surface area (TPSA) is 41.0 Å². The Bertz CT molecular complexity index is 564. The summed E-state index contributed by atoms with van der Waals surface area (Å²) in [6.45, 7) is 2.02. The first-order chi connectivity index (χ1) is 9.28. The standard InChI is InChI=1S/C15H18N4/c1-11-10-14(12-8-9-12)18-15(17-11)19(16-2)13-6-4-3-5-7-13/h3-7,10,12,16H,8-9H2,1-2H3. The summed E-state index contributed by atoms with van der Waals surface area (Å²) >= 11 is 0. The minimum atomic E-state index is 0.634. The van der Waals surface area contributed by atoms with E-state index in [0.29, 0.717) is 5.92 Å². The van der Waals surface area contributed by atoms with Gasteiger partial charge in [-0.15, -0.1) is 0 Å². The van der Waals surface area contributed by atoms with Crippen molar-refractivity contribution in [3.8, 4) is 0 Å². The van der Waals surface area contributed by atoms with Crippen LogP contribution in [0, 0.1) is 6.92 Å². The molecule has 1 heterocycles. The highest BCUT2D eigenvalue weighted by molar-refractivity contribution is 5.55. The second kappa shape index (κ2) is 4.97. The Hall–Kier alpha value is -1.94. The number of anilines is 2. The lowest BCUT2D eigenvalue weighted by Crippen LogP contribution is -2.32. The Labute approximate surface area is 113 Å². The van der Waals surface area contributed by atoms with Gasteiger partial charge >= 0.3 is 0 Å². The van der Waals surface area contributed by atoms with Crippen molar-refractivity contribution in [2.45, 2.75) is 25.7 Å². The summed E-state index contributed by atoms with van der Waals surface area (Å²) in [5, 5.41) is 1.92. The fraction of sp³-hybridized carbons (Fsp3) is 0.333. The van der Waals surface area contributed by atoms with Crippen LogP contribution in [0.3, 0.4) is 0 Å². The van der Waals surface area contributed by atoms with Gasteiger partial charge in [0.05, 0.1) is 5.69 Å². The summed E-state index contributed by atoms with van der Waals surface area (Å²) in [6, 6.07) is 12.2. The fourth-order valence-electron chi connectivity index (χ4n) is 2.19. The number of para-hydroxylation sites is 1. The van der Waals surface area contributed by atoms with E-state index < -0.39 is 0 Å². The zero-order chi connectivity index (χ0) is 13.2. The molecule has 1 aliphatic carbocycles. The molecule has 3 rings (SSSR count). The minimum Gasteiger partial charge on any atom is -0.244 e. The molecule has 0 spiro atoms.